The predicted octanol–water partition coefficient (Wildman–Crippen LogP) is 4.01. The first-order valence-corrected chi connectivity index (χ1v) is 7.63. The van der Waals surface area contributed by atoms with E-state index in [1.54, 1.807) is 24.4 Å². The molecule has 0 unspecified atom stereocenters. The number of pyridine rings is 1. The quantitative estimate of drug-likeness (QED) is 0.743. The van der Waals surface area contributed by atoms with Crippen LogP contribution in [-0.4, -0.2) is 28.3 Å². The summed E-state index contributed by atoms with van der Waals surface area (Å²) in [6.07, 6.45) is 3.12. The third-order valence-corrected chi connectivity index (χ3v) is 3.75. The summed E-state index contributed by atoms with van der Waals surface area (Å²) in [6, 6.07) is 10.9. The molecule has 3 rings (SSSR count). The number of H-pyrrole nitrogens is 1. The number of carbonyl (C=O) groups is 1. The van der Waals surface area contributed by atoms with Crippen molar-refractivity contribution in [3.63, 3.8) is 0 Å². The van der Waals surface area contributed by atoms with Crippen molar-refractivity contribution in [1.29, 1.82) is 0 Å². The number of benzene rings is 1. The Labute approximate surface area is 137 Å². The fraction of sp³-hybridized carbons (Fsp3) is 0.222. The minimum absolute atomic E-state index is 0.0656. The molecule has 0 spiro atoms. The summed E-state index contributed by atoms with van der Waals surface area (Å²) in [6.45, 7) is 0.773. The van der Waals surface area contributed by atoms with Crippen LogP contribution >= 0.6 is 0 Å². The number of halogens is 2. The second-order valence-corrected chi connectivity index (χ2v) is 5.76. The van der Waals surface area contributed by atoms with E-state index >= 15 is 0 Å². The smallest absolute Gasteiger partial charge is 0.251 e. The molecular formula is C18H17F2N3O. The molecule has 0 saturated heterocycles. The maximum atomic E-state index is 12.8. The van der Waals surface area contributed by atoms with Crippen molar-refractivity contribution in [1.82, 2.24) is 15.3 Å². The van der Waals surface area contributed by atoms with Gasteiger partial charge in [-0.2, -0.15) is 0 Å². The third kappa shape index (κ3) is 3.59. The van der Waals surface area contributed by atoms with E-state index in [4.69, 9.17) is 0 Å². The average molecular weight is 329 g/mol. The van der Waals surface area contributed by atoms with Gasteiger partial charge in [0.1, 0.15) is 5.65 Å². The van der Waals surface area contributed by atoms with E-state index in [-0.39, 0.29) is 18.9 Å². The van der Waals surface area contributed by atoms with Crippen LogP contribution in [0, 0.1) is 0 Å². The van der Waals surface area contributed by atoms with Crippen molar-refractivity contribution < 1.29 is 13.6 Å². The van der Waals surface area contributed by atoms with Crippen LogP contribution in [0.4, 0.5) is 8.78 Å². The van der Waals surface area contributed by atoms with Gasteiger partial charge < -0.3 is 10.3 Å². The first-order valence-electron chi connectivity index (χ1n) is 7.63. The number of rotatable bonds is 5. The molecule has 0 fully saturated rings. The number of hydrogen-bond acceptors (Lipinski definition) is 2. The van der Waals surface area contributed by atoms with Crippen LogP contribution < -0.4 is 5.32 Å². The van der Waals surface area contributed by atoms with Crippen molar-refractivity contribution in [2.75, 3.05) is 6.54 Å². The van der Waals surface area contributed by atoms with E-state index < -0.39 is 5.92 Å². The minimum atomic E-state index is -2.79. The lowest BCUT2D eigenvalue weighted by Gasteiger charge is -2.11. The van der Waals surface area contributed by atoms with E-state index in [9.17, 15) is 13.6 Å². The molecule has 3 aromatic rings. The molecular weight excluding hydrogens is 312 g/mol. The normalized spacial score (nSPS) is 11.6. The standard InChI is InChI=1S/C18H17F2N3O/c1-18(19,20)7-10-23-17(24)13-4-2-3-12(11-13)14-5-8-21-16-15(14)6-9-22-16/h2-6,8-9,11H,7,10H2,1H3,(H,21,22)(H,23,24). The number of alkyl halides is 2. The van der Waals surface area contributed by atoms with Gasteiger partial charge in [0.25, 0.3) is 5.91 Å². The summed E-state index contributed by atoms with van der Waals surface area (Å²) >= 11 is 0. The first kappa shape index (κ1) is 16.1. The van der Waals surface area contributed by atoms with Gasteiger partial charge in [0, 0.05) is 36.3 Å². The van der Waals surface area contributed by atoms with Crippen molar-refractivity contribution in [3.05, 3.63) is 54.4 Å². The zero-order valence-electron chi connectivity index (χ0n) is 13.1. The lowest BCUT2D eigenvalue weighted by molar-refractivity contribution is 0.0137. The van der Waals surface area contributed by atoms with E-state index in [2.05, 4.69) is 15.3 Å². The molecule has 0 radical (unpaired) electrons. The highest BCUT2D eigenvalue weighted by Crippen LogP contribution is 2.27. The summed E-state index contributed by atoms with van der Waals surface area (Å²) < 4.78 is 25.6. The molecule has 0 saturated carbocycles. The molecule has 0 aliphatic carbocycles. The number of amides is 1. The zero-order valence-corrected chi connectivity index (χ0v) is 13.1. The Hall–Kier alpha value is -2.76. The number of nitrogens with one attached hydrogen (secondary N) is 2. The number of nitrogens with zero attached hydrogens (tertiary/aromatic N) is 1. The molecule has 0 atom stereocenters. The Balaban J connectivity index is 1.82. The van der Waals surface area contributed by atoms with Gasteiger partial charge in [0.15, 0.2) is 0 Å². The Kier molecular flexibility index (Phi) is 4.29. The lowest BCUT2D eigenvalue weighted by atomic mass is 10.0. The summed E-state index contributed by atoms with van der Waals surface area (Å²) in [5.74, 6) is -3.15. The molecule has 0 bridgehead atoms. The molecule has 0 aliphatic rings. The van der Waals surface area contributed by atoms with Crippen LogP contribution in [0.3, 0.4) is 0 Å². The summed E-state index contributed by atoms with van der Waals surface area (Å²) in [4.78, 5) is 19.4. The van der Waals surface area contributed by atoms with Crippen LogP contribution in [0.25, 0.3) is 22.2 Å². The highest BCUT2D eigenvalue weighted by molar-refractivity contribution is 5.98. The molecule has 1 aromatic carbocycles. The molecule has 1 amide bonds. The summed E-state index contributed by atoms with van der Waals surface area (Å²) in [5, 5.41) is 3.49. The fourth-order valence-corrected chi connectivity index (χ4v) is 2.54. The van der Waals surface area contributed by atoms with Crippen molar-refractivity contribution in [2.24, 2.45) is 0 Å². The molecule has 2 N–H and O–H groups in total. The van der Waals surface area contributed by atoms with Crippen molar-refractivity contribution in [3.8, 4) is 11.1 Å². The average Bonchev–Trinajstić information content (AvgIpc) is 3.02. The second-order valence-electron chi connectivity index (χ2n) is 5.76. The Morgan fingerprint density at radius 3 is 2.92 bits per heavy atom. The number of carbonyl (C=O) groups excluding carboxylic acids is 1. The monoisotopic (exact) mass is 329 g/mol. The largest absolute Gasteiger partial charge is 0.352 e. The van der Waals surface area contributed by atoms with Crippen LogP contribution in [-0.2, 0) is 0 Å². The number of aromatic amines is 1. The Morgan fingerprint density at radius 1 is 1.29 bits per heavy atom. The van der Waals surface area contributed by atoms with Crippen molar-refractivity contribution >= 4 is 16.9 Å². The molecule has 124 valence electrons. The van der Waals surface area contributed by atoms with E-state index in [1.165, 1.54) is 0 Å². The molecule has 6 heteroatoms. The van der Waals surface area contributed by atoms with Crippen LogP contribution in [0.2, 0.25) is 0 Å². The SMILES string of the molecule is CC(F)(F)CCNC(=O)c1cccc(-c2ccnc3[nH]ccc23)c1. The van der Waals surface area contributed by atoms with Crippen LogP contribution in [0.15, 0.2) is 48.8 Å². The van der Waals surface area contributed by atoms with Gasteiger partial charge in [-0.25, -0.2) is 13.8 Å². The second kappa shape index (κ2) is 6.39. The van der Waals surface area contributed by atoms with Crippen LogP contribution in [0.5, 0.6) is 0 Å². The van der Waals surface area contributed by atoms with Gasteiger partial charge in [-0.1, -0.05) is 12.1 Å². The van der Waals surface area contributed by atoms with Gasteiger partial charge in [-0.3, -0.25) is 4.79 Å². The van der Waals surface area contributed by atoms with Crippen LogP contribution in [0.1, 0.15) is 23.7 Å². The summed E-state index contributed by atoms with van der Waals surface area (Å²) in [7, 11) is 0. The minimum Gasteiger partial charge on any atom is -0.352 e. The van der Waals surface area contributed by atoms with E-state index in [0.29, 0.717) is 5.56 Å². The highest BCUT2D eigenvalue weighted by Gasteiger charge is 2.20. The van der Waals surface area contributed by atoms with E-state index in [0.717, 1.165) is 29.1 Å². The molecule has 4 nitrogen and oxygen atoms in total. The summed E-state index contributed by atoms with van der Waals surface area (Å²) in [5.41, 5.74) is 3.03. The molecule has 24 heavy (non-hydrogen) atoms. The Morgan fingerprint density at radius 2 is 2.12 bits per heavy atom. The van der Waals surface area contributed by atoms with Gasteiger partial charge in [-0.05, 0) is 42.3 Å². The van der Waals surface area contributed by atoms with Gasteiger partial charge in [0.05, 0.1) is 0 Å². The topological polar surface area (TPSA) is 57.8 Å². The lowest BCUT2D eigenvalue weighted by Crippen LogP contribution is -2.28. The van der Waals surface area contributed by atoms with Gasteiger partial charge >= 0.3 is 0 Å². The molecule has 2 heterocycles. The fourth-order valence-electron chi connectivity index (χ4n) is 2.54. The van der Waals surface area contributed by atoms with E-state index in [1.807, 2.05) is 24.4 Å². The molecule has 2 aromatic heterocycles. The van der Waals surface area contributed by atoms with Gasteiger partial charge in [0.2, 0.25) is 5.92 Å². The maximum Gasteiger partial charge on any atom is 0.251 e. The third-order valence-electron chi connectivity index (χ3n) is 3.75. The number of fused-ring (bicyclic) bond motifs is 1. The number of hydrogen-bond donors (Lipinski definition) is 2. The maximum absolute atomic E-state index is 12.8. The van der Waals surface area contributed by atoms with Gasteiger partial charge in [-0.15, -0.1) is 0 Å². The zero-order chi connectivity index (χ0) is 17.2. The predicted molar refractivity (Wildman–Crippen MR) is 89.1 cm³/mol. The highest BCUT2D eigenvalue weighted by atomic mass is 19.3. The Bertz CT molecular complexity index is 868. The van der Waals surface area contributed by atoms with Crippen molar-refractivity contribution in [2.45, 2.75) is 19.3 Å². The first-order chi connectivity index (χ1) is 11.4. The number of aromatic nitrogens is 2. The molecule has 0 aliphatic heterocycles.